The lowest BCUT2D eigenvalue weighted by Gasteiger charge is -2.14. The molecule has 0 aliphatic carbocycles. The lowest BCUT2D eigenvalue weighted by molar-refractivity contribution is -0.122. The van der Waals surface area contributed by atoms with Gasteiger partial charge in [-0.15, -0.1) is 0 Å². The van der Waals surface area contributed by atoms with Crippen LogP contribution in [0.5, 0.6) is 5.75 Å². The number of ether oxygens (including phenoxy) is 1. The Kier molecular flexibility index (Phi) is 5.36. The van der Waals surface area contributed by atoms with Crippen LogP contribution in [0.1, 0.15) is 11.1 Å². The van der Waals surface area contributed by atoms with E-state index in [1.165, 1.54) is 11.8 Å². The van der Waals surface area contributed by atoms with Gasteiger partial charge in [0.25, 0.3) is 5.91 Å². The molecule has 0 spiro atoms. The standard InChI is InChI=1S/C21H17N3O2S2/c1-26-16-7-5-14(6-8-16)9-12-24-20(25)18(28-21(24)27)13-15-3-2-4-17-19(15)23-11-10-22-17/h2-8,10-11,13H,9,12H2,1H3. The Morgan fingerprint density at radius 2 is 1.93 bits per heavy atom. The molecule has 0 unspecified atom stereocenters. The van der Waals surface area contributed by atoms with Gasteiger partial charge >= 0.3 is 0 Å². The van der Waals surface area contributed by atoms with Crippen LogP contribution < -0.4 is 4.74 Å². The number of thioether (sulfide) groups is 1. The smallest absolute Gasteiger partial charge is 0.266 e. The summed E-state index contributed by atoms with van der Waals surface area (Å²) >= 11 is 6.77. The molecule has 2 heterocycles. The van der Waals surface area contributed by atoms with E-state index >= 15 is 0 Å². The van der Waals surface area contributed by atoms with Crippen LogP contribution in [0.15, 0.2) is 59.8 Å². The number of carbonyl (C=O) groups is 1. The van der Waals surface area contributed by atoms with E-state index < -0.39 is 0 Å². The normalized spacial score (nSPS) is 15.6. The van der Waals surface area contributed by atoms with Crippen molar-refractivity contribution < 1.29 is 9.53 Å². The van der Waals surface area contributed by atoms with Gasteiger partial charge in [0.2, 0.25) is 0 Å². The molecule has 1 aromatic heterocycles. The van der Waals surface area contributed by atoms with Crippen LogP contribution in [-0.2, 0) is 11.2 Å². The molecule has 0 saturated carbocycles. The molecule has 4 rings (SSSR count). The number of hydrogen-bond acceptors (Lipinski definition) is 6. The Labute approximate surface area is 172 Å². The third kappa shape index (κ3) is 3.76. The van der Waals surface area contributed by atoms with Crippen LogP contribution in [0.3, 0.4) is 0 Å². The Morgan fingerprint density at radius 1 is 1.14 bits per heavy atom. The van der Waals surface area contributed by atoms with Gasteiger partial charge in [-0.25, -0.2) is 0 Å². The van der Waals surface area contributed by atoms with Crippen molar-refractivity contribution in [1.29, 1.82) is 0 Å². The summed E-state index contributed by atoms with van der Waals surface area (Å²) in [5.41, 5.74) is 3.56. The fourth-order valence-electron chi connectivity index (χ4n) is 3.00. The SMILES string of the molecule is COc1ccc(CCN2C(=O)C(=Cc3cccc4nccnc34)SC2=S)cc1. The Balaban J connectivity index is 1.52. The van der Waals surface area contributed by atoms with Crippen molar-refractivity contribution >= 4 is 51.3 Å². The predicted octanol–water partition coefficient (Wildman–Crippen LogP) is 4.08. The van der Waals surface area contributed by atoms with E-state index in [-0.39, 0.29) is 5.91 Å². The second kappa shape index (κ2) is 8.08. The average molecular weight is 408 g/mol. The molecule has 1 aliphatic rings. The Bertz CT molecular complexity index is 1080. The summed E-state index contributed by atoms with van der Waals surface area (Å²) in [5, 5.41) is 0. The van der Waals surface area contributed by atoms with Crippen LogP contribution in [0.25, 0.3) is 17.1 Å². The molecule has 2 aromatic carbocycles. The van der Waals surface area contributed by atoms with Crippen molar-refractivity contribution in [3.8, 4) is 5.75 Å². The van der Waals surface area contributed by atoms with E-state index in [1.54, 1.807) is 24.4 Å². The van der Waals surface area contributed by atoms with Crippen molar-refractivity contribution in [3.63, 3.8) is 0 Å². The maximum atomic E-state index is 12.9. The molecular weight excluding hydrogens is 390 g/mol. The van der Waals surface area contributed by atoms with E-state index in [1.807, 2.05) is 48.5 Å². The van der Waals surface area contributed by atoms with E-state index in [0.29, 0.717) is 15.8 Å². The van der Waals surface area contributed by atoms with Gasteiger partial charge in [0.15, 0.2) is 0 Å². The van der Waals surface area contributed by atoms with Crippen LogP contribution in [0, 0.1) is 0 Å². The highest BCUT2D eigenvalue weighted by molar-refractivity contribution is 8.26. The summed E-state index contributed by atoms with van der Waals surface area (Å²) in [6, 6.07) is 13.6. The maximum absolute atomic E-state index is 12.9. The molecule has 1 fully saturated rings. The highest BCUT2D eigenvalue weighted by atomic mass is 32.2. The van der Waals surface area contributed by atoms with Crippen LogP contribution in [0.4, 0.5) is 0 Å². The zero-order valence-electron chi connectivity index (χ0n) is 15.2. The summed E-state index contributed by atoms with van der Waals surface area (Å²) in [6.45, 7) is 0.545. The average Bonchev–Trinajstić information content (AvgIpc) is 3.00. The minimum Gasteiger partial charge on any atom is -0.497 e. The zero-order chi connectivity index (χ0) is 19.5. The lowest BCUT2D eigenvalue weighted by Crippen LogP contribution is -2.30. The minimum atomic E-state index is -0.0654. The monoisotopic (exact) mass is 407 g/mol. The minimum absolute atomic E-state index is 0.0654. The number of para-hydroxylation sites is 1. The fourth-order valence-corrected chi connectivity index (χ4v) is 4.30. The number of aromatic nitrogens is 2. The van der Waals surface area contributed by atoms with E-state index in [9.17, 15) is 4.79 Å². The summed E-state index contributed by atoms with van der Waals surface area (Å²) in [4.78, 5) is 23.8. The van der Waals surface area contributed by atoms with Crippen molar-refractivity contribution in [1.82, 2.24) is 14.9 Å². The number of methoxy groups -OCH3 is 1. The molecule has 3 aromatic rings. The van der Waals surface area contributed by atoms with Gasteiger partial charge in [-0.05, 0) is 36.3 Å². The highest BCUT2D eigenvalue weighted by Gasteiger charge is 2.31. The predicted molar refractivity (Wildman–Crippen MR) is 116 cm³/mol. The van der Waals surface area contributed by atoms with Crippen molar-refractivity contribution in [2.24, 2.45) is 0 Å². The van der Waals surface area contributed by atoms with Gasteiger partial charge in [0.1, 0.15) is 10.1 Å². The molecule has 140 valence electrons. The zero-order valence-corrected chi connectivity index (χ0v) is 16.8. The van der Waals surface area contributed by atoms with Gasteiger partial charge in [-0.1, -0.05) is 48.2 Å². The highest BCUT2D eigenvalue weighted by Crippen LogP contribution is 2.33. The first kappa shape index (κ1) is 18.6. The number of benzene rings is 2. The van der Waals surface area contributed by atoms with Crippen LogP contribution >= 0.6 is 24.0 Å². The number of nitrogens with zero attached hydrogens (tertiary/aromatic N) is 3. The molecule has 0 radical (unpaired) electrons. The molecule has 0 atom stereocenters. The Morgan fingerprint density at radius 3 is 2.71 bits per heavy atom. The van der Waals surface area contributed by atoms with Crippen LogP contribution in [0.2, 0.25) is 0 Å². The second-order valence-electron chi connectivity index (χ2n) is 6.20. The van der Waals surface area contributed by atoms with E-state index in [2.05, 4.69) is 9.97 Å². The van der Waals surface area contributed by atoms with E-state index in [4.69, 9.17) is 17.0 Å². The molecule has 0 bridgehead atoms. The first-order valence-corrected chi connectivity index (χ1v) is 9.96. The number of amides is 1. The van der Waals surface area contributed by atoms with Crippen molar-refractivity contribution in [3.05, 3.63) is 70.9 Å². The summed E-state index contributed by atoms with van der Waals surface area (Å²) in [5.74, 6) is 0.750. The van der Waals surface area contributed by atoms with E-state index in [0.717, 1.165) is 34.3 Å². The topological polar surface area (TPSA) is 55.3 Å². The molecule has 7 heteroatoms. The molecule has 1 saturated heterocycles. The number of rotatable bonds is 5. The quantitative estimate of drug-likeness (QED) is 0.469. The Hall–Kier alpha value is -2.77. The summed E-state index contributed by atoms with van der Waals surface area (Å²) in [6.07, 6.45) is 5.89. The molecule has 0 N–H and O–H groups in total. The van der Waals surface area contributed by atoms with Gasteiger partial charge < -0.3 is 4.74 Å². The molecule has 5 nitrogen and oxygen atoms in total. The third-order valence-corrected chi connectivity index (χ3v) is 5.85. The van der Waals surface area contributed by atoms with Gasteiger partial charge in [-0.3, -0.25) is 19.7 Å². The lowest BCUT2D eigenvalue weighted by atomic mass is 10.1. The number of carbonyl (C=O) groups excluding carboxylic acids is 1. The van der Waals surface area contributed by atoms with Crippen molar-refractivity contribution in [2.75, 3.05) is 13.7 Å². The van der Waals surface area contributed by atoms with Crippen molar-refractivity contribution in [2.45, 2.75) is 6.42 Å². The number of fused-ring (bicyclic) bond motifs is 1. The molecule has 1 amide bonds. The fraction of sp³-hybridized carbons (Fsp3) is 0.143. The summed E-state index contributed by atoms with van der Waals surface area (Å²) in [7, 11) is 1.64. The maximum Gasteiger partial charge on any atom is 0.266 e. The largest absolute Gasteiger partial charge is 0.497 e. The number of hydrogen-bond donors (Lipinski definition) is 0. The van der Waals surface area contributed by atoms with Gasteiger partial charge in [0.05, 0.1) is 23.0 Å². The third-order valence-electron chi connectivity index (χ3n) is 4.47. The van der Waals surface area contributed by atoms with Crippen LogP contribution in [-0.4, -0.2) is 38.8 Å². The summed E-state index contributed by atoms with van der Waals surface area (Å²) < 4.78 is 5.76. The molecule has 1 aliphatic heterocycles. The van der Waals surface area contributed by atoms with Gasteiger partial charge in [0, 0.05) is 24.5 Å². The van der Waals surface area contributed by atoms with Gasteiger partial charge in [-0.2, -0.15) is 0 Å². The second-order valence-corrected chi connectivity index (χ2v) is 7.88. The first-order valence-electron chi connectivity index (χ1n) is 8.74. The molecule has 28 heavy (non-hydrogen) atoms. The number of thiocarbonyl (C=S) groups is 1. The first-order chi connectivity index (χ1) is 13.7. The molecular formula is C21H17N3O2S2.